The number of amides is 2. The van der Waals surface area contributed by atoms with E-state index in [9.17, 15) is 14.4 Å². The van der Waals surface area contributed by atoms with Crippen molar-refractivity contribution in [2.24, 2.45) is 29.6 Å². The average molecular weight is 479 g/mol. The Balaban J connectivity index is 1.29. The van der Waals surface area contributed by atoms with Gasteiger partial charge in [-0.3, -0.25) is 14.4 Å². The van der Waals surface area contributed by atoms with E-state index in [4.69, 9.17) is 5.11 Å². The van der Waals surface area contributed by atoms with E-state index in [1.165, 1.54) is 51.4 Å². The number of rotatable bonds is 14. The molecule has 0 heterocycles. The fourth-order valence-corrected chi connectivity index (χ4v) is 7.23. The van der Waals surface area contributed by atoms with Crippen LogP contribution in [0.25, 0.3) is 0 Å². The Morgan fingerprint density at radius 3 is 2.42 bits per heavy atom. The summed E-state index contributed by atoms with van der Waals surface area (Å²) < 4.78 is 0. The van der Waals surface area contributed by atoms with Gasteiger partial charge in [-0.15, -0.1) is 0 Å². The standard InChI is InChI=1S/C26H42N2O4S/c29-24(16-28-25(30)18-33-17-19-8-4-3-5-9-19)27-15-23-21-13-12-20(14-21)22(23)10-6-1-2-7-11-26(31)32/h1,6,19-23H,2-5,7-18H2,(H,27,29)(H,28,30)(H,31,32)/b6-1-/t20-,21+,22-,23+/m1/s1. The molecule has 3 aliphatic carbocycles. The highest BCUT2D eigenvalue weighted by atomic mass is 32.2. The van der Waals surface area contributed by atoms with Crippen molar-refractivity contribution in [3.8, 4) is 0 Å². The van der Waals surface area contributed by atoms with E-state index in [1.807, 2.05) is 0 Å². The van der Waals surface area contributed by atoms with E-state index < -0.39 is 5.97 Å². The molecule has 0 unspecified atom stereocenters. The Kier molecular flexibility index (Phi) is 11.1. The van der Waals surface area contributed by atoms with Gasteiger partial charge in [-0.2, -0.15) is 11.8 Å². The molecule has 4 atom stereocenters. The molecule has 0 radical (unpaired) electrons. The lowest BCUT2D eigenvalue weighted by Crippen LogP contribution is -2.41. The van der Waals surface area contributed by atoms with Crippen molar-refractivity contribution in [2.45, 2.75) is 77.0 Å². The summed E-state index contributed by atoms with van der Waals surface area (Å²) in [4.78, 5) is 35.0. The summed E-state index contributed by atoms with van der Waals surface area (Å²) in [5.41, 5.74) is 0. The number of carbonyl (C=O) groups is 3. The van der Waals surface area contributed by atoms with Crippen LogP contribution in [0.4, 0.5) is 0 Å². The maximum atomic E-state index is 12.3. The van der Waals surface area contributed by atoms with Gasteiger partial charge in [0.15, 0.2) is 0 Å². The van der Waals surface area contributed by atoms with Crippen LogP contribution in [0, 0.1) is 29.6 Å². The lowest BCUT2D eigenvalue weighted by atomic mass is 9.77. The molecule has 186 valence electrons. The van der Waals surface area contributed by atoms with Crippen LogP contribution in [0.15, 0.2) is 12.2 Å². The molecular formula is C26H42N2O4S. The first-order valence-corrected chi connectivity index (χ1v) is 14.2. The summed E-state index contributed by atoms with van der Waals surface area (Å²) in [5.74, 6) is 3.95. The minimum atomic E-state index is -0.735. The molecule has 2 amide bonds. The largest absolute Gasteiger partial charge is 0.481 e. The maximum absolute atomic E-state index is 12.3. The van der Waals surface area contributed by atoms with E-state index in [-0.39, 0.29) is 24.8 Å². The molecule has 0 spiro atoms. The second-order valence-corrected chi connectivity index (χ2v) is 11.3. The quantitative estimate of drug-likeness (QED) is 0.254. The van der Waals surface area contributed by atoms with E-state index in [2.05, 4.69) is 22.8 Å². The lowest BCUT2D eigenvalue weighted by Gasteiger charge is -2.30. The molecule has 7 heteroatoms. The summed E-state index contributed by atoms with van der Waals surface area (Å²) >= 11 is 1.70. The molecule has 0 aromatic heterocycles. The smallest absolute Gasteiger partial charge is 0.303 e. The Morgan fingerprint density at radius 2 is 1.67 bits per heavy atom. The summed E-state index contributed by atoms with van der Waals surface area (Å²) in [6.45, 7) is 0.765. The SMILES string of the molecule is O=C(O)CCC/C=C\C[C@@H]1[C@@H]2CC[C@@H](C2)[C@@H]1CNC(=O)CNC(=O)CSCC1CCCCC1. The van der Waals surface area contributed by atoms with Crippen LogP contribution in [-0.2, 0) is 14.4 Å². The number of aliphatic carboxylic acids is 1. The number of thioether (sulfide) groups is 1. The Labute approximate surface area is 203 Å². The molecule has 3 rings (SSSR count). The zero-order valence-corrected chi connectivity index (χ0v) is 20.8. The maximum Gasteiger partial charge on any atom is 0.303 e. The second-order valence-electron chi connectivity index (χ2n) is 10.3. The number of nitrogens with one attached hydrogen (secondary N) is 2. The Bertz CT molecular complexity index is 677. The summed E-state index contributed by atoms with van der Waals surface area (Å²) in [5, 5.41) is 14.6. The van der Waals surface area contributed by atoms with Crippen LogP contribution in [0.3, 0.4) is 0 Å². The molecule has 0 saturated heterocycles. The first-order chi connectivity index (χ1) is 16.0. The topological polar surface area (TPSA) is 95.5 Å². The zero-order chi connectivity index (χ0) is 23.5. The fourth-order valence-electron chi connectivity index (χ4n) is 6.15. The van der Waals surface area contributed by atoms with E-state index >= 15 is 0 Å². The van der Waals surface area contributed by atoms with E-state index in [1.54, 1.807) is 11.8 Å². The molecular weight excluding hydrogens is 436 g/mol. The van der Waals surface area contributed by atoms with Crippen molar-refractivity contribution in [3.05, 3.63) is 12.2 Å². The van der Waals surface area contributed by atoms with Crippen LogP contribution < -0.4 is 10.6 Å². The van der Waals surface area contributed by atoms with Crippen molar-refractivity contribution in [1.82, 2.24) is 10.6 Å². The van der Waals surface area contributed by atoms with Crippen molar-refractivity contribution >= 4 is 29.5 Å². The number of unbranched alkanes of at least 4 members (excludes halogenated alkanes) is 1. The minimum absolute atomic E-state index is 0.0446. The minimum Gasteiger partial charge on any atom is -0.481 e. The molecule has 0 aromatic rings. The van der Waals surface area contributed by atoms with Crippen molar-refractivity contribution in [1.29, 1.82) is 0 Å². The van der Waals surface area contributed by atoms with Crippen LogP contribution in [-0.4, -0.2) is 47.5 Å². The van der Waals surface area contributed by atoms with E-state index in [0.717, 1.165) is 30.4 Å². The Hall–Kier alpha value is -1.50. The molecule has 0 aliphatic heterocycles. The fraction of sp³-hybridized carbons (Fsp3) is 0.808. The highest BCUT2D eigenvalue weighted by molar-refractivity contribution is 7.99. The van der Waals surface area contributed by atoms with Gasteiger partial charge in [-0.25, -0.2) is 0 Å². The van der Waals surface area contributed by atoms with Gasteiger partial charge in [-0.05, 0) is 86.7 Å². The van der Waals surface area contributed by atoms with E-state index in [0.29, 0.717) is 36.5 Å². The highest BCUT2D eigenvalue weighted by Gasteiger charge is 2.46. The summed E-state index contributed by atoms with van der Waals surface area (Å²) in [6, 6.07) is 0. The zero-order valence-electron chi connectivity index (χ0n) is 19.9. The van der Waals surface area contributed by atoms with Gasteiger partial charge in [-0.1, -0.05) is 31.4 Å². The second kappa shape index (κ2) is 14.0. The highest BCUT2D eigenvalue weighted by Crippen LogP contribution is 2.53. The molecule has 3 fully saturated rings. The van der Waals surface area contributed by atoms with Gasteiger partial charge in [0.1, 0.15) is 0 Å². The molecule has 0 aromatic carbocycles. The van der Waals surface area contributed by atoms with Crippen LogP contribution in [0.2, 0.25) is 0 Å². The number of hydrogen-bond acceptors (Lipinski definition) is 4. The lowest BCUT2D eigenvalue weighted by molar-refractivity contribution is -0.137. The molecule has 33 heavy (non-hydrogen) atoms. The van der Waals surface area contributed by atoms with Crippen LogP contribution >= 0.6 is 11.8 Å². The third-order valence-electron chi connectivity index (χ3n) is 7.90. The molecule has 3 aliphatic rings. The predicted molar refractivity (Wildman–Crippen MR) is 133 cm³/mol. The average Bonchev–Trinajstić information content (AvgIpc) is 3.41. The molecule has 2 bridgehead atoms. The van der Waals surface area contributed by atoms with Crippen molar-refractivity contribution < 1.29 is 19.5 Å². The third kappa shape index (κ3) is 8.99. The number of carboxylic acid groups (broad SMARTS) is 1. The van der Waals surface area contributed by atoms with Gasteiger partial charge in [0, 0.05) is 13.0 Å². The summed E-state index contributed by atoms with van der Waals surface area (Å²) in [6.07, 6.45) is 17.5. The van der Waals surface area contributed by atoms with Gasteiger partial charge in [0.2, 0.25) is 11.8 Å². The number of fused-ring (bicyclic) bond motifs is 2. The first-order valence-electron chi connectivity index (χ1n) is 13.0. The molecule has 6 nitrogen and oxygen atoms in total. The number of allylic oxidation sites excluding steroid dienone is 2. The third-order valence-corrected chi connectivity index (χ3v) is 9.08. The van der Waals surface area contributed by atoms with Gasteiger partial charge in [0.05, 0.1) is 12.3 Å². The molecule has 3 N–H and O–H groups in total. The van der Waals surface area contributed by atoms with Gasteiger partial charge >= 0.3 is 5.97 Å². The van der Waals surface area contributed by atoms with Crippen molar-refractivity contribution in [2.75, 3.05) is 24.6 Å². The number of carboxylic acids is 1. The summed E-state index contributed by atoms with van der Waals surface area (Å²) in [7, 11) is 0. The predicted octanol–water partition coefficient (Wildman–Crippen LogP) is 4.40. The number of hydrogen-bond donors (Lipinski definition) is 3. The Morgan fingerprint density at radius 1 is 0.909 bits per heavy atom. The van der Waals surface area contributed by atoms with Crippen LogP contribution in [0.1, 0.15) is 77.0 Å². The first kappa shape index (κ1) is 26.1. The monoisotopic (exact) mass is 478 g/mol. The van der Waals surface area contributed by atoms with Gasteiger partial charge in [0.25, 0.3) is 0 Å². The van der Waals surface area contributed by atoms with Gasteiger partial charge < -0.3 is 15.7 Å². The van der Waals surface area contributed by atoms with Crippen LogP contribution in [0.5, 0.6) is 0 Å². The van der Waals surface area contributed by atoms with Crippen molar-refractivity contribution in [3.63, 3.8) is 0 Å². The normalized spacial score (nSPS) is 27.2. The number of carbonyl (C=O) groups excluding carboxylic acids is 2. The molecule has 3 saturated carbocycles.